The zero-order chi connectivity index (χ0) is 18.0. The van der Waals surface area contributed by atoms with Gasteiger partial charge < -0.3 is 10.1 Å². The van der Waals surface area contributed by atoms with Crippen molar-refractivity contribution < 1.29 is 13.9 Å². The molecule has 1 saturated heterocycles. The summed E-state index contributed by atoms with van der Waals surface area (Å²) < 4.78 is 21.2. The summed E-state index contributed by atoms with van der Waals surface area (Å²) in [6.45, 7) is 1.51. The Hall–Kier alpha value is -2.21. The van der Waals surface area contributed by atoms with Crippen LogP contribution in [0.5, 0.6) is 0 Å². The van der Waals surface area contributed by atoms with Crippen LogP contribution >= 0.6 is 0 Å². The fourth-order valence-corrected chi connectivity index (χ4v) is 4.19. The molecule has 4 rings (SSSR count). The van der Waals surface area contributed by atoms with E-state index in [1.165, 1.54) is 12.1 Å². The van der Waals surface area contributed by atoms with Crippen LogP contribution in [-0.2, 0) is 21.5 Å². The van der Waals surface area contributed by atoms with E-state index in [1.807, 2.05) is 16.9 Å². The minimum atomic E-state index is -0.654. The molecule has 5 nitrogen and oxygen atoms in total. The smallest absolute Gasteiger partial charge is 0.235 e. The number of aromatic nitrogens is 2. The number of hydrogen-bond donors (Lipinski definition) is 1. The third kappa shape index (κ3) is 3.38. The van der Waals surface area contributed by atoms with Crippen LogP contribution in [0.2, 0.25) is 0 Å². The molecule has 0 radical (unpaired) electrons. The first-order chi connectivity index (χ1) is 12.7. The van der Waals surface area contributed by atoms with E-state index in [0.717, 1.165) is 50.7 Å². The fraction of sp³-hybridized carbons (Fsp3) is 0.500. The number of halogens is 1. The zero-order valence-electron chi connectivity index (χ0n) is 14.8. The summed E-state index contributed by atoms with van der Waals surface area (Å²) >= 11 is 0. The summed E-state index contributed by atoms with van der Waals surface area (Å²) in [7, 11) is 0. The molecule has 2 aromatic rings. The summed E-state index contributed by atoms with van der Waals surface area (Å²) in [5, 5.41) is 7.33. The Morgan fingerprint density at radius 1 is 1.35 bits per heavy atom. The number of hydrogen-bond acceptors (Lipinski definition) is 3. The summed E-state index contributed by atoms with van der Waals surface area (Å²) in [5.74, 6) is -0.372. The van der Waals surface area contributed by atoms with Crippen LogP contribution in [0.4, 0.5) is 10.1 Å². The average molecular weight is 357 g/mol. The highest BCUT2D eigenvalue weighted by Crippen LogP contribution is 2.42. The van der Waals surface area contributed by atoms with Gasteiger partial charge in [-0.05, 0) is 43.4 Å². The van der Waals surface area contributed by atoms with Crippen LogP contribution in [0.15, 0.2) is 36.7 Å². The number of carbonyl (C=O) groups excluding carboxylic acids is 1. The molecule has 2 heterocycles. The number of amides is 1. The third-order valence-corrected chi connectivity index (χ3v) is 5.57. The first-order valence-electron chi connectivity index (χ1n) is 9.37. The number of carbonyl (C=O) groups is 1. The zero-order valence-corrected chi connectivity index (χ0v) is 14.8. The van der Waals surface area contributed by atoms with E-state index in [0.29, 0.717) is 12.2 Å². The predicted octanol–water partition coefficient (Wildman–Crippen LogP) is 3.65. The van der Waals surface area contributed by atoms with Crippen molar-refractivity contribution in [1.29, 1.82) is 0 Å². The lowest BCUT2D eigenvalue weighted by atomic mass is 9.78. The minimum absolute atomic E-state index is 0.0720. The highest BCUT2D eigenvalue weighted by molar-refractivity contribution is 5.99. The normalized spacial score (nSPS) is 21.8. The maximum absolute atomic E-state index is 13.7. The Labute approximate surface area is 152 Å². The lowest BCUT2D eigenvalue weighted by Crippen LogP contribution is -2.38. The van der Waals surface area contributed by atoms with Crippen LogP contribution in [-0.4, -0.2) is 28.4 Å². The Kier molecular flexibility index (Phi) is 4.76. The molecule has 2 aliphatic rings. The van der Waals surface area contributed by atoms with Crippen molar-refractivity contribution in [3.8, 4) is 0 Å². The topological polar surface area (TPSA) is 56.2 Å². The van der Waals surface area contributed by atoms with Crippen molar-refractivity contribution in [3.05, 3.63) is 48.0 Å². The van der Waals surface area contributed by atoms with E-state index >= 15 is 0 Å². The van der Waals surface area contributed by atoms with Gasteiger partial charge >= 0.3 is 0 Å². The van der Waals surface area contributed by atoms with Gasteiger partial charge in [0.2, 0.25) is 5.91 Å². The fourth-order valence-electron chi connectivity index (χ4n) is 4.19. The Morgan fingerprint density at radius 3 is 2.92 bits per heavy atom. The molecule has 0 spiro atoms. The van der Waals surface area contributed by atoms with Crippen LogP contribution in [0.1, 0.15) is 44.1 Å². The summed E-state index contributed by atoms with van der Waals surface area (Å²) in [6.07, 6.45) is 9.28. The van der Waals surface area contributed by atoms with E-state index in [4.69, 9.17) is 4.74 Å². The quantitative estimate of drug-likeness (QED) is 0.889. The molecule has 1 aliphatic heterocycles. The Bertz CT molecular complexity index is 777. The van der Waals surface area contributed by atoms with Crippen molar-refractivity contribution in [2.75, 3.05) is 11.9 Å². The molecule has 1 saturated carbocycles. The number of rotatable bonds is 5. The maximum Gasteiger partial charge on any atom is 0.235 e. The first-order valence-corrected chi connectivity index (χ1v) is 9.37. The van der Waals surface area contributed by atoms with E-state index in [9.17, 15) is 9.18 Å². The van der Waals surface area contributed by atoms with Crippen LogP contribution in [0, 0.1) is 5.82 Å². The van der Waals surface area contributed by atoms with E-state index in [1.54, 1.807) is 12.3 Å². The Balaban J connectivity index is 1.49. The van der Waals surface area contributed by atoms with Crippen molar-refractivity contribution in [2.24, 2.45) is 0 Å². The lowest BCUT2D eigenvalue weighted by Gasteiger charge is -2.28. The van der Waals surface area contributed by atoms with Crippen molar-refractivity contribution in [1.82, 2.24) is 9.78 Å². The van der Waals surface area contributed by atoms with Gasteiger partial charge in [-0.25, -0.2) is 4.39 Å². The molecule has 1 N–H and O–H groups in total. The minimum Gasteiger partial charge on any atom is -0.376 e. The summed E-state index contributed by atoms with van der Waals surface area (Å²) in [5.41, 5.74) is 0.786. The molecule has 1 aromatic heterocycles. The highest BCUT2D eigenvalue weighted by atomic mass is 19.1. The molecule has 6 heteroatoms. The number of benzene rings is 1. The second-order valence-electron chi connectivity index (χ2n) is 7.34. The van der Waals surface area contributed by atoms with Gasteiger partial charge in [-0.1, -0.05) is 25.0 Å². The van der Waals surface area contributed by atoms with Crippen LogP contribution < -0.4 is 5.32 Å². The SMILES string of the molecule is O=C(Nc1cnn(C[C@@H]2CCCO2)c1)C1(c2cccc(F)c2)CCCC1. The molecule has 2 fully saturated rings. The number of anilines is 1. The van der Waals surface area contributed by atoms with Gasteiger partial charge in [-0.2, -0.15) is 5.10 Å². The summed E-state index contributed by atoms with van der Waals surface area (Å²) in [4.78, 5) is 13.1. The lowest BCUT2D eigenvalue weighted by molar-refractivity contribution is -0.121. The average Bonchev–Trinajstić information content (AvgIpc) is 3.37. The van der Waals surface area contributed by atoms with Crippen LogP contribution in [0.3, 0.4) is 0 Å². The van der Waals surface area contributed by atoms with Gasteiger partial charge in [0.15, 0.2) is 0 Å². The number of nitrogens with one attached hydrogen (secondary N) is 1. The predicted molar refractivity (Wildman–Crippen MR) is 96.4 cm³/mol. The molecular weight excluding hydrogens is 333 g/mol. The molecule has 1 aliphatic carbocycles. The standard InChI is InChI=1S/C20H24FN3O2/c21-16-6-3-5-15(11-16)20(8-1-2-9-20)19(25)23-17-12-22-24(13-17)14-18-7-4-10-26-18/h3,5-6,11-13,18H,1-2,4,7-10,14H2,(H,23,25)/t18-/m0/s1. The van der Waals surface area contributed by atoms with Gasteiger partial charge in [0, 0.05) is 12.8 Å². The molecule has 0 unspecified atom stereocenters. The van der Waals surface area contributed by atoms with E-state index in [-0.39, 0.29) is 17.8 Å². The largest absolute Gasteiger partial charge is 0.376 e. The first kappa shape index (κ1) is 17.2. The maximum atomic E-state index is 13.7. The summed E-state index contributed by atoms with van der Waals surface area (Å²) in [6, 6.07) is 6.44. The van der Waals surface area contributed by atoms with E-state index in [2.05, 4.69) is 10.4 Å². The molecule has 0 bridgehead atoms. The van der Waals surface area contributed by atoms with Gasteiger partial charge in [0.1, 0.15) is 5.82 Å². The monoisotopic (exact) mass is 357 g/mol. The molecule has 1 amide bonds. The second-order valence-corrected chi connectivity index (χ2v) is 7.34. The van der Waals surface area contributed by atoms with Crippen LogP contribution in [0.25, 0.3) is 0 Å². The number of ether oxygens (including phenoxy) is 1. The van der Waals surface area contributed by atoms with Gasteiger partial charge in [-0.15, -0.1) is 0 Å². The molecular formula is C20H24FN3O2. The van der Waals surface area contributed by atoms with Crippen molar-refractivity contribution in [2.45, 2.75) is 56.6 Å². The molecule has 26 heavy (non-hydrogen) atoms. The van der Waals surface area contributed by atoms with Crippen molar-refractivity contribution in [3.63, 3.8) is 0 Å². The highest BCUT2D eigenvalue weighted by Gasteiger charge is 2.43. The Morgan fingerprint density at radius 2 is 2.19 bits per heavy atom. The molecule has 1 aromatic carbocycles. The third-order valence-electron chi connectivity index (χ3n) is 5.57. The van der Waals surface area contributed by atoms with Gasteiger partial charge in [-0.3, -0.25) is 9.48 Å². The second kappa shape index (κ2) is 7.19. The number of nitrogens with zero attached hydrogens (tertiary/aromatic N) is 2. The van der Waals surface area contributed by atoms with Crippen molar-refractivity contribution >= 4 is 11.6 Å². The van der Waals surface area contributed by atoms with Gasteiger partial charge in [0.25, 0.3) is 0 Å². The molecule has 138 valence electrons. The molecule has 1 atom stereocenters. The van der Waals surface area contributed by atoms with E-state index < -0.39 is 5.41 Å². The van der Waals surface area contributed by atoms with Gasteiger partial charge in [0.05, 0.1) is 29.9 Å².